The topological polar surface area (TPSA) is 104 Å². The smallest absolute Gasteiger partial charge is 0.336 e. The fourth-order valence-corrected chi connectivity index (χ4v) is 3.84. The van der Waals surface area contributed by atoms with Crippen LogP contribution in [0.4, 0.5) is 0 Å². The lowest BCUT2D eigenvalue weighted by Gasteiger charge is -2.19. The van der Waals surface area contributed by atoms with Crippen LogP contribution in [0.25, 0.3) is 0 Å². The zero-order valence-corrected chi connectivity index (χ0v) is 13.3. The molecule has 1 saturated heterocycles. The largest absolute Gasteiger partial charge is 0.478 e. The molecule has 1 heterocycles. The third-order valence-electron chi connectivity index (χ3n) is 3.03. The summed E-state index contributed by atoms with van der Waals surface area (Å²) < 4.78 is 26.4. The summed E-state index contributed by atoms with van der Waals surface area (Å²) in [4.78, 5) is 22.4. The van der Waals surface area contributed by atoms with Gasteiger partial charge in [0.1, 0.15) is 0 Å². The molecule has 0 spiro atoms. The highest BCUT2D eigenvalue weighted by molar-refractivity contribution is 9.10. The Morgan fingerprint density at radius 1 is 1.38 bits per heavy atom. The van der Waals surface area contributed by atoms with Crippen LogP contribution >= 0.6 is 15.9 Å². The molecule has 0 atom stereocenters. The molecule has 114 valence electrons. The summed E-state index contributed by atoms with van der Waals surface area (Å²) in [5, 5.41) is 11.6. The number of sulfonamides is 1. The van der Waals surface area contributed by atoms with Gasteiger partial charge in [-0.2, -0.15) is 4.31 Å². The second kappa shape index (κ2) is 6.12. The van der Waals surface area contributed by atoms with E-state index in [1.54, 1.807) is 0 Å². The molecule has 0 saturated carbocycles. The van der Waals surface area contributed by atoms with Gasteiger partial charge in [0.2, 0.25) is 15.9 Å². The van der Waals surface area contributed by atoms with E-state index in [-0.39, 0.29) is 29.5 Å². The van der Waals surface area contributed by atoms with E-state index in [0.717, 1.165) is 10.4 Å². The predicted molar refractivity (Wildman–Crippen MR) is 77.5 cm³/mol. The summed E-state index contributed by atoms with van der Waals surface area (Å²) >= 11 is 3.06. The molecule has 2 rings (SSSR count). The van der Waals surface area contributed by atoms with Crippen LogP contribution in [0.5, 0.6) is 0 Å². The van der Waals surface area contributed by atoms with Crippen molar-refractivity contribution in [3.05, 3.63) is 28.2 Å². The minimum absolute atomic E-state index is 0.141. The Morgan fingerprint density at radius 2 is 2.10 bits per heavy atom. The third kappa shape index (κ3) is 3.42. The van der Waals surface area contributed by atoms with Crippen molar-refractivity contribution in [1.29, 1.82) is 0 Å². The first-order chi connectivity index (χ1) is 9.82. The zero-order chi connectivity index (χ0) is 15.6. The lowest BCUT2D eigenvalue weighted by molar-refractivity contribution is -0.120. The molecule has 7 nitrogen and oxygen atoms in total. The van der Waals surface area contributed by atoms with Crippen LogP contribution in [-0.4, -0.2) is 49.3 Å². The van der Waals surface area contributed by atoms with Gasteiger partial charge in [0, 0.05) is 17.6 Å². The van der Waals surface area contributed by atoms with Crippen molar-refractivity contribution >= 4 is 37.8 Å². The maximum atomic E-state index is 12.5. The van der Waals surface area contributed by atoms with Gasteiger partial charge in [-0.1, -0.05) is 0 Å². The van der Waals surface area contributed by atoms with Gasteiger partial charge in [0.15, 0.2) is 0 Å². The Hall–Kier alpha value is -1.45. The van der Waals surface area contributed by atoms with Crippen LogP contribution in [0.3, 0.4) is 0 Å². The van der Waals surface area contributed by atoms with Crippen molar-refractivity contribution in [3.8, 4) is 0 Å². The van der Waals surface area contributed by atoms with Crippen molar-refractivity contribution in [2.24, 2.45) is 0 Å². The molecule has 1 aromatic rings. The molecule has 1 aliphatic rings. The summed E-state index contributed by atoms with van der Waals surface area (Å²) in [5.41, 5.74) is -0.143. The first-order valence-corrected chi connectivity index (χ1v) is 8.35. The van der Waals surface area contributed by atoms with E-state index < -0.39 is 16.0 Å². The van der Waals surface area contributed by atoms with Crippen LogP contribution in [0.15, 0.2) is 27.6 Å². The van der Waals surface area contributed by atoms with Gasteiger partial charge in [0.25, 0.3) is 0 Å². The molecule has 0 radical (unpaired) electrons. The number of aromatic carboxylic acids is 1. The fraction of sp³-hybridized carbons (Fsp3) is 0.333. The number of carbonyl (C=O) groups is 2. The minimum atomic E-state index is -3.90. The van der Waals surface area contributed by atoms with E-state index >= 15 is 0 Å². The molecule has 0 aromatic heterocycles. The first kappa shape index (κ1) is 15.9. The van der Waals surface area contributed by atoms with Crippen LogP contribution in [-0.2, 0) is 14.8 Å². The third-order valence-corrected chi connectivity index (χ3v) is 5.57. The van der Waals surface area contributed by atoms with Gasteiger partial charge < -0.3 is 10.4 Å². The number of rotatable bonds is 3. The Morgan fingerprint density at radius 3 is 2.76 bits per heavy atom. The minimum Gasteiger partial charge on any atom is -0.478 e. The molecule has 1 aliphatic heterocycles. The standard InChI is InChI=1S/C12H13BrN2O5S/c13-10-3-2-8(6-9(10)12(17)18)21(19,20)15-5-1-4-14-11(16)7-15/h2-3,6H,1,4-5,7H2,(H,14,16)(H,17,18). The van der Waals surface area contributed by atoms with Crippen molar-refractivity contribution < 1.29 is 23.1 Å². The second-order valence-electron chi connectivity index (χ2n) is 4.49. The average Bonchev–Trinajstić information content (AvgIpc) is 2.63. The van der Waals surface area contributed by atoms with E-state index in [1.165, 1.54) is 12.1 Å². The number of hydrogen-bond donors (Lipinski definition) is 2. The first-order valence-electron chi connectivity index (χ1n) is 6.12. The Balaban J connectivity index is 2.41. The molecule has 9 heteroatoms. The van der Waals surface area contributed by atoms with E-state index in [9.17, 15) is 18.0 Å². The molecular formula is C12H13BrN2O5S. The van der Waals surface area contributed by atoms with Crippen molar-refractivity contribution in [3.63, 3.8) is 0 Å². The lowest BCUT2D eigenvalue weighted by Crippen LogP contribution is -2.37. The molecule has 0 aliphatic carbocycles. The zero-order valence-electron chi connectivity index (χ0n) is 10.9. The van der Waals surface area contributed by atoms with Crippen molar-refractivity contribution in [1.82, 2.24) is 9.62 Å². The SMILES string of the molecule is O=C1CN(S(=O)(=O)c2ccc(Br)c(C(=O)O)c2)CCCN1. The van der Waals surface area contributed by atoms with E-state index in [4.69, 9.17) is 5.11 Å². The fourth-order valence-electron chi connectivity index (χ4n) is 1.96. The number of halogens is 1. The van der Waals surface area contributed by atoms with Gasteiger partial charge in [-0.15, -0.1) is 0 Å². The number of benzene rings is 1. The van der Waals surface area contributed by atoms with Crippen molar-refractivity contribution in [2.75, 3.05) is 19.6 Å². The number of hydrogen-bond acceptors (Lipinski definition) is 4. The highest BCUT2D eigenvalue weighted by Gasteiger charge is 2.28. The quantitative estimate of drug-likeness (QED) is 0.806. The second-order valence-corrected chi connectivity index (χ2v) is 7.28. The lowest BCUT2D eigenvalue weighted by atomic mass is 10.2. The molecule has 1 aromatic carbocycles. The van der Waals surface area contributed by atoms with Gasteiger partial charge >= 0.3 is 5.97 Å². The van der Waals surface area contributed by atoms with Crippen molar-refractivity contribution in [2.45, 2.75) is 11.3 Å². The molecule has 21 heavy (non-hydrogen) atoms. The molecule has 1 amide bonds. The molecular weight excluding hydrogens is 364 g/mol. The van der Waals surface area contributed by atoms with Crippen LogP contribution in [0.1, 0.15) is 16.8 Å². The van der Waals surface area contributed by atoms with E-state index in [1.807, 2.05) is 0 Å². The van der Waals surface area contributed by atoms with E-state index in [2.05, 4.69) is 21.2 Å². The average molecular weight is 377 g/mol. The van der Waals surface area contributed by atoms with Crippen LogP contribution in [0.2, 0.25) is 0 Å². The summed E-state index contributed by atoms with van der Waals surface area (Å²) in [6.07, 6.45) is 0.507. The van der Waals surface area contributed by atoms with Gasteiger partial charge in [-0.05, 0) is 40.5 Å². The number of carbonyl (C=O) groups excluding carboxylic acids is 1. The maximum absolute atomic E-state index is 12.5. The number of nitrogens with one attached hydrogen (secondary N) is 1. The van der Waals surface area contributed by atoms with Crippen LogP contribution < -0.4 is 5.32 Å². The summed E-state index contributed by atoms with van der Waals surface area (Å²) in [6.45, 7) is 0.367. The number of carboxylic acid groups (broad SMARTS) is 1. The Bertz CT molecular complexity index is 689. The molecule has 0 bridgehead atoms. The number of amides is 1. The van der Waals surface area contributed by atoms with Gasteiger partial charge in [0.05, 0.1) is 17.0 Å². The van der Waals surface area contributed by atoms with E-state index in [0.29, 0.717) is 17.4 Å². The Kier molecular flexibility index (Phi) is 4.64. The van der Waals surface area contributed by atoms with Gasteiger partial charge in [-0.3, -0.25) is 4.79 Å². The highest BCUT2D eigenvalue weighted by atomic mass is 79.9. The molecule has 2 N–H and O–H groups in total. The van der Waals surface area contributed by atoms with Gasteiger partial charge in [-0.25, -0.2) is 13.2 Å². The summed E-state index contributed by atoms with van der Waals surface area (Å²) in [5.74, 6) is -1.60. The summed E-state index contributed by atoms with van der Waals surface area (Å²) in [6, 6.07) is 3.77. The number of nitrogens with zero attached hydrogens (tertiary/aromatic N) is 1. The summed E-state index contributed by atoms with van der Waals surface area (Å²) in [7, 11) is -3.90. The highest BCUT2D eigenvalue weighted by Crippen LogP contribution is 2.23. The predicted octanol–water partition coefficient (Wildman–Crippen LogP) is 0.658. The maximum Gasteiger partial charge on any atom is 0.336 e. The number of carboxylic acids is 1. The normalized spacial score (nSPS) is 17.1. The molecule has 0 unspecified atom stereocenters. The molecule has 1 fully saturated rings. The van der Waals surface area contributed by atoms with Crippen LogP contribution in [0, 0.1) is 0 Å². The Labute approximate surface area is 130 Å². The monoisotopic (exact) mass is 376 g/mol.